The van der Waals surface area contributed by atoms with Crippen molar-refractivity contribution in [3.05, 3.63) is 42.0 Å². The minimum atomic E-state index is -4.05. The van der Waals surface area contributed by atoms with Gasteiger partial charge in [0.25, 0.3) is 15.9 Å². The second-order valence-corrected chi connectivity index (χ2v) is 9.85. The van der Waals surface area contributed by atoms with Gasteiger partial charge in [-0.05, 0) is 36.2 Å². The maximum absolute atomic E-state index is 13.4. The van der Waals surface area contributed by atoms with E-state index in [-0.39, 0.29) is 16.6 Å². The number of rotatable bonds is 9. The molecule has 0 unspecified atom stereocenters. The van der Waals surface area contributed by atoms with Crippen LogP contribution in [0.15, 0.2) is 41.3 Å². The zero-order valence-electron chi connectivity index (χ0n) is 19.5. The molecule has 0 saturated carbocycles. The highest BCUT2D eigenvalue weighted by atomic mass is 32.2. The maximum atomic E-state index is 13.4. The molecule has 1 amide bonds. The van der Waals surface area contributed by atoms with Crippen molar-refractivity contribution in [3.63, 3.8) is 0 Å². The summed E-state index contributed by atoms with van der Waals surface area (Å²) in [6.07, 6.45) is 0. The normalized spacial score (nSPS) is 14.2. The van der Waals surface area contributed by atoms with Gasteiger partial charge in [0.2, 0.25) is 0 Å². The van der Waals surface area contributed by atoms with E-state index in [1.807, 2.05) is 13.8 Å². The predicted octanol–water partition coefficient (Wildman–Crippen LogP) is 2.30. The van der Waals surface area contributed by atoms with Crippen molar-refractivity contribution in [3.8, 4) is 11.5 Å². The molecule has 0 radical (unpaired) electrons. The van der Waals surface area contributed by atoms with Crippen LogP contribution in [0.25, 0.3) is 0 Å². The molecule has 1 heterocycles. The molecule has 0 aromatic heterocycles. The standard InChI is InChI=1S/C23H32N4O5S/c1-16(2)15-25-23(28)17-5-7-20(27-11-9-24-10-12-27)19(13-17)26-33(29,30)22-14-18(31-3)6-8-21(22)32-4/h5-8,13-14,16,24,26H,9-12,15H2,1-4H3,(H,25,28). The van der Waals surface area contributed by atoms with E-state index in [4.69, 9.17) is 9.47 Å². The molecule has 1 fully saturated rings. The lowest BCUT2D eigenvalue weighted by Gasteiger charge is -2.31. The zero-order chi connectivity index (χ0) is 24.0. The Morgan fingerprint density at radius 2 is 1.82 bits per heavy atom. The Labute approximate surface area is 195 Å². The van der Waals surface area contributed by atoms with Crippen LogP contribution in [0.4, 0.5) is 11.4 Å². The van der Waals surface area contributed by atoms with Gasteiger partial charge in [0.05, 0.1) is 25.6 Å². The smallest absolute Gasteiger partial charge is 0.265 e. The van der Waals surface area contributed by atoms with Crippen LogP contribution in [0.5, 0.6) is 11.5 Å². The average molecular weight is 477 g/mol. The molecule has 1 aliphatic heterocycles. The summed E-state index contributed by atoms with van der Waals surface area (Å²) < 4.78 is 40.0. The quantitative estimate of drug-likeness (QED) is 0.510. The van der Waals surface area contributed by atoms with E-state index in [0.717, 1.165) is 26.2 Å². The monoisotopic (exact) mass is 476 g/mol. The molecule has 3 N–H and O–H groups in total. The van der Waals surface area contributed by atoms with Gasteiger partial charge in [-0.15, -0.1) is 0 Å². The molecule has 1 aliphatic rings. The highest BCUT2D eigenvalue weighted by molar-refractivity contribution is 7.92. The van der Waals surface area contributed by atoms with Crippen LogP contribution in [0.1, 0.15) is 24.2 Å². The summed E-state index contributed by atoms with van der Waals surface area (Å²) in [5.41, 5.74) is 1.42. The summed E-state index contributed by atoms with van der Waals surface area (Å²) in [6.45, 7) is 7.55. The second-order valence-electron chi connectivity index (χ2n) is 8.20. The molecule has 3 rings (SSSR count). The van der Waals surface area contributed by atoms with Gasteiger partial charge in [0.15, 0.2) is 0 Å². The largest absolute Gasteiger partial charge is 0.497 e. The fourth-order valence-electron chi connectivity index (χ4n) is 3.53. The number of sulfonamides is 1. The van der Waals surface area contributed by atoms with Crippen molar-refractivity contribution in [2.24, 2.45) is 5.92 Å². The lowest BCUT2D eigenvalue weighted by Crippen LogP contribution is -2.43. The topological polar surface area (TPSA) is 109 Å². The molecule has 0 aliphatic carbocycles. The lowest BCUT2D eigenvalue weighted by molar-refractivity contribution is 0.0949. The Morgan fingerprint density at radius 3 is 2.45 bits per heavy atom. The number of anilines is 2. The highest BCUT2D eigenvalue weighted by Gasteiger charge is 2.24. The van der Waals surface area contributed by atoms with Crippen LogP contribution in [0.2, 0.25) is 0 Å². The van der Waals surface area contributed by atoms with Crippen molar-refractivity contribution >= 4 is 27.3 Å². The first-order valence-electron chi connectivity index (χ1n) is 10.9. The van der Waals surface area contributed by atoms with E-state index in [1.54, 1.807) is 30.3 Å². The summed E-state index contributed by atoms with van der Waals surface area (Å²) in [7, 11) is -1.17. The summed E-state index contributed by atoms with van der Waals surface area (Å²) in [6, 6.07) is 9.67. The predicted molar refractivity (Wildman–Crippen MR) is 129 cm³/mol. The maximum Gasteiger partial charge on any atom is 0.265 e. The molecule has 2 aromatic carbocycles. The number of nitrogens with zero attached hydrogens (tertiary/aromatic N) is 1. The number of ether oxygens (including phenoxy) is 2. The van der Waals surface area contributed by atoms with E-state index in [0.29, 0.717) is 35.2 Å². The van der Waals surface area contributed by atoms with Gasteiger partial charge in [-0.2, -0.15) is 0 Å². The van der Waals surface area contributed by atoms with Crippen molar-refractivity contribution in [2.75, 3.05) is 56.6 Å². The van der Waals surface area contributed by atoms with E-state index in [9.17, 15) is 13.2 Å². The third-order valence-corrected chi connectivity index (χ3v) is 6.68. The molecule has 0 spiro atoms. The number of nitrogens with one attached hydrogen (secondary N) is 3. The van der Waals surface area contributed by atoms with Gasteiger partial charge >= 0.3 is 0 Å². The minimum Gasteiger partial charge on any atom is -0.497 e. The average Bonchev–Trinajstić information content (AvgIpc) is 2.82. The van der Waals surface area contributed by atoms with E-state index >= 15 is 0 Å². The van der Waals surface area contributed by atoms with Gasteiger partial charge in [-0.25, -0.2) is 8.42 Å². The Bertz CT molecular complexity index is 1080. The molecule has 0 bridgehead atoms. The Hall–Kier alpha value is -2.98. The molecule has 0 atom stereocenters. The van der Waals surface area contributed by atoms with Crippen molar-refractivity contribution in [1.82, 2.24) is 10.6 Å². The number of hydrogen-bond acceptors (Lipinski definition) is 7. The highest BCUT2D eigenvalue weighted by Crippen LogP contribution is 2.33. The van der Waals surface area contributed by atoms with Gasteiger partial charge in [0.1, 0.15) is 16.4 Å². The third-order valence-electron chi connectivity index (χ3n) is 5.29. The SMILES string of the molecule is COc1ccc(OC)c(S(=O)(=O)Nc2cc(C(=O)NCC(C)C)ccc2N2CCNCC2)c1. The number of benzene rings is 2. The summed E-state index contributed by atoms with van der Waals surface area (Å²) in [5.74, 6) is 0.626. The number of carbonyl (C=O) groups is 1. The van der Waals surface area contributed by atoms with Gasteiger partial charge in [0, 0.05) is 44.4 Å². The van der Waals surface area contributed by atoms with Crippen LogP contribution >= 0.6 is 0 Å². The van der Waals surface area contributed by atoms with Crippen molar-refractivity contribution < 1.29 is 22.7 Å². The van der Waals surface area contributed by atoms with Crippen LogP contribution < -0.4 is 29.7 Å². The first-order valence-corrected chi connectivity index (χ1v) is 12.4. The first kappa shape index (κ1) is 24.7. The minimum absolute atomic E-state index is 0.0507. The van der Waals surface area contributed by atoms with Crippen LogP contribution in [-0.2, 0) is 10.0 Å². The van der Waals surface area contributed by atoms with E-state index < -0.39 is 10.0 Å². The zero-order valence-corrected chi connectivity index (χ0v) is 20.3. The number of hydrogen-bond donors (Lipinski definition) is 3. The van der Waals surface area contributed by atoms with E-state index in [2.05, 4.69) is 20.3 Å². The first-order chi connectivity index (χ1) is 15.7. The van der Waals surface area contributed by atoms with Crippen LogP contribution in [0, 0.1) is 5.92 Å². The van der Waals surface area contributed by atoms with Crippen molar-refractivity contribution in [1.29, 1.82) is 0 Å². The molecule has 10 heteroatoms. The van der Waals surface area contributed by atoms with E-state index in [1.165, 1.54) is 20.3 Å². The van der Waals surface area contributed by atoms with Crippen LogP contribution in [-0.4, -0.2) is 61.3 Å². The molecule has 33 heavy (non-hydrogen) atoms. The second kappa shape index (κ2) is 10.8. The molecular weight excluding hydrogens is 444 g/mol. The molecule has 180 valence electrons. The molecular formula is C23H32N4O5S. The third kappa shape index (κ3) is 6.08. The fourth-order valence-corrected chi connectivity index (χ4v) is 4.78. The van der Waals surface area contributed by atoms with Crippen molar-refractivity contribution in [2.45, 2.75) is 18.7 Å². The number of carbonyl (C=O) groups excluding carboxylic acids is 1. The fraction of sp³-hybridized carbons (Fsp3) is 0.435. The number of amides is 1. The number of methoxy groups -OCH3 is 2. The number of piperazine rings is 1. The molecule has 9 nitrogen and oxygen atoms in total. The van der Waals surface area contributed by atoms with Gasteiger partial charge in [-0.3, -0.25) is 9.52 Å². The Kier molecular flexibility index (Phi) is 8.04. The summed E-state index contributed by atoms with van der Waals surface area (Å²) >= 11 is 0. The van der Waals surface area contributed by atoms with Gasteiger partial charge in [-0.1, -0.05) is 13.8 Å². The summed E-state index contributed by atoms with van der Waals surface area (Å²) in [5, 5.41) is 6.16. The summed E-state index contributed by atoms with van der Waals surface area (Å²) in [4.78, 5) is 14.7. The van der Waals surface area contributed by atoms with Crippen LogP contribution in [0.3, 0.4) is 0 Å². The Balaban J connectivity index is 2.01. The van der Waals surface area contributed by atoms with Gasteiger partial charge < -0.3 is 25.0 Å². The lowest BCUT2D eigenvalue weighted by atomic mass is 10.1. The Morgan fingerprint density at radius 1 is 1.09 bits per heavy atom. The molecule has 2 aromatic rings. The molecule has 1 saturated heterocycles.